The Morgan fingerprint density at radius 2 is 2.04 bits per heavy atom. The highest BCUT2D eigenvalue weighted by Crippen LogP contribution is 2.22. The molecule has 124 valence electrons. The van der Waals surface area contributed by atoms with E-state index in [1.807, 2.05) is 0 Å². The molecule has 0 bridgehead atoms. The highest BCUT2D eigenvalue weighted by molar-refractivity contribution is 7.89. The Hall–Kier alpha value is -1.93. The fraction of sp³-hybridized carbons (Fsp3) is 0.467. The topological polar surface area (TPSA) is 91.0 Å². The second-order valence-corrected chi connectivity index (χ2v) is 8.01. The third-order valence-corrected chi connectivity index (χ3v) is 5.89. The van der Waals surface area contributed by atoms with Crippen LogP contribution in [0.2, 0.25) is 0 Å². The molecule has 0 unspecified atom stereocenters. The fourth-order valence-electron chi connectivity index (χ4n) is 2.72. The SMILES string of the molecule is CN(C)S(=O)(=O)c1ccc(NCc2n[nH]c3c2CCCC3)nc1. The molecule has 0 spiro atoms. The van der Waals surface area contributed by atoms with Crippen molar-refractivity contribution in [2.24, 2.45) is 0 Å². The maximum atomic E-state index is 12.0. The minimum atomic E-state index is -3.44. The number of aromatic amines is 1. The average molecular weight is 335 g/mol. The summed E-state index contributed by atoms with van der Waals surface area (Å²) in [5.74, 6) is 0.635. The number of nitrogens with zero attached hydrogens (tertiary/aromatic N) is 3. The first-order valence-electron chi connectivity index (χ1n) is 7.66. The van der Waals surface area contributed by atoms with Crippen LogP contribution in [-0.4, -0.2) is 42.0 Å². The van der Waals surface area contributed by atoms with E-state index in [4.69, 9.17) is 0 Å². The van der Waals surface area contributed by atoms with Gasteiger partial charge in [0.15, 0.2) is 0 Å². The molecule has 3 rings (SSSR count). The lowest BCUT2D eigenvalue weighted by Gasteiger charge is -2.12. The van der Waals surface area contributed by atoms with Crippen molar-refractivity contribution >= 4 is 15.8 Å². The first kappa shape index (κ1) is 15.9. The molecule has 1 aliphatic rings. The van der Waals surface area contributed by atoms with Crippen molar-refractivity contribution in [3.8, 4) is 0 Å². The monoisotopic (exact) mass is 335 g/mol. The number of fused-ring (bicyclic) bond motifs is 1. The zero-order valence-electron chi connectivity index (χ0n) is 13.3. The van der Waals surface area contributed by atoms with Crippen LogP contribution in [0.1, 0.15) is 29.8 Å². The van der Waals surface area contributed by atoms with Crippen molar-refractivity contribution in [1.29, 1.82) is 0 Å². The molecule has 23 heavy (non-hydrogen) atoms. The van der Waals surface area contributed by atoms with Crippen molar-refractivity contribution < 1.29 is 8.42 Å². The predicted octanol–water partition coefficient (Wildman–Crippen LogP) is 1.55. The van der Waals surface area contributed by atoms with Crippen molar-refractivity contribution in [3.05, 3.63) is 35.3 Å². The zero-order chi connectivity index (χ0) is 16.4. The Balaban J connectivity index is 1.69. The Labute approximate surface area is 136 Å². The summed E-state index contributed by atoms with van der Waals surface area (Å²) in [7, 11) is -0.434. The van der Waals surface area contributed by atoms with Gasteiger partial charge in [-0.2, -0.15) is 5.10 Å². The quantitative estimate of drug-likeness (QED) is 0.865. The summed E-state index contributed by atoms with van der Waals surface area (Å²) in [6, 6.07) is 3.24. The number of nitrogens with one attached hydrogen (secondary N) is 2. The van der Waals surface area contributed by atoms with E-state index in [1.54, 1.807) is 12.1 Å². The summed E-state index contributed by atoms with van der Waals surface area (Å²) in [6.45, 7) is 0.582. The number of pyridine rings is 1. The van der Waals surface area contributed by atoms with Gasteiger partial charge in [0.2, 0.25) is 10.0 Å². The molecule has 0 aliphatic heterocycles. The summed E-state index contributed by atoms with van der Waals surface area (Å²) >= 11 is 0. The van der Waals surface area contributed by atoms with Gasteiger partial charge in [0.25, 0.3) is 0 Å². The maximum Gasteiger partial charge on any atom is 0.244 e. The number of H-pyrrole nitrogens is 1. The highest BCUT2D eigenvalue weighted by atomic mass is 32.2. The van der Waals surface area contributed by atoms with E-state index in [0.717, 1.165) is 18.5 Å². The molecule has 0 saturated heterocycles. The molecule has 0 radical (unpaired) electrons. The van der Waals surface area contributed by atoms with E-state index in [2.05, 4.69) is 20.5 Å². The summed E-state index contributed by atoms with van der Waals surface area (Å²) in [6.07, 6.45) is 5.92. The zero-order valence-corrected chi connectivity index (χ0v) is 14.2. The molecule has 0 atom stereocenters. The molecule has 0 amide bonds. The molecule has 7 nitrogen and oxygen atoms in total. The Morgan fingerprint density at radius 1 is 1.26 bits per heavy atom. The van der Waals surface area contributed by atoms with Crippen LogP contribution < -0.4 is 5.32 Å². The number of rotatable bonds is 5. The second kappa shape index (κ2) is 6.29. The van der Waals surface area contributed by atoms with Crippen LogP contribution in [0.5, 0.6) is 0 Å². The predicted molar refractivity (Wildman–Crippen MR) is 87.7 cm³/mol. The van der Waals surface area contributed by atoms with Crippen molar-refractivity contribution in [1.82, 2.24) is 19.5 Å². The van der Waals surface area contributed by atoms with Gasteiger partial charge in [-0.05, 0) is 43.4 Å². The number of hydrogen-bond acceptors (Lipinski definition) is 5. The van der Waals surface area contributed by atoms with E-state index in [0.29, 0.717) is 12.4 Å². The van der Waals surface area contributed by atoms with Crippen LogP contribution in [0.15, 0.2) is 23.2 Å². The summed E-state index contributed by atoms with van der Waals surface area (Å²) in [5.41, 5.74) is 3.58. The molecule has 2 heterocycles. The minimum absolute atomic E-state index is 0.185. The molecule has 2 aromatic rings. The summed E-state index contributed by atoms with van der Waals surface area (Å²) in [4.78, 5) is 4.37. The van der Waals surface area contributed by atoms with Gasteiger partial charge in [-0.1, -0.05) is 0 Å². The van der Waals surface area contributed by atoms with Crippen LogP contribution in [0.4, 0.5) is 5.82 Å². The van der Waals surface area contributed by atoms with Gasteiger partial charge in [0.1, 0.15) is 10.7 Å². The smallest absolute Gasteiger partial charge is 0.244 e. The number of aryl methyl sites for hydroxylation is 1. The molecule has 1 aliphatic carbocycles. The molecule has 0 fully saturated rings. The highest BCUT2D eigenvalue weighted by Gasteiger charge is 2.18. The third kappa shape index (κ3) is 3.23. The Kier molecular flexibility index (Phi) is 4.36. The van der Waals surface area contributed by atoms with Gasteiger partial charge < -0.3 is 5.32 Å². The lowest BCUT2D eigenvalue weighted by molar-refractivity contribution is 0.520. The van der Waals surface area contributed by atoms with Gasteiger partial charge in [-0.15, -0.1) is 0 Å². The lowest BCUT2D eigenvalue weighted by Crippen LogP contribution is -2.22. The molecule has 2 N–H and O–H groups in total. The number of hydrogen-bond donors (Lipinski definition) is 2. The molecular formula is C15H21N5O2S. The van der Waals surface area contributed by atoms with E-state index in [9.17, 15) is 8.42 Å². The standard InChI is InChI=1S/C15H21N5O2S/c1-20(2)23(21,22)11-7-8-15(16-9-11)17-10-14-12-5-3-4-6-13(12)18-19-14/h7-9H,3-6,10H2,1-2H3,(H,16,17)(H,18,19). The molecule has 0 saturated carbocycles. The van der Waals surface area contributed by atoms with Crippen LogP contribution in [0.3, 0.4) is 0 Å². The maximum absolute atomic E-state index is 12.0. The van der Waals surface area contributed by atoms with E-state index in [1.165, 1.54) is 48.7 Å². The molecule has 2 aromatic heterocycles. The molecule has 8 heteroatoms. The van der Waals surface area contributed by atoms with E-state index in [-0.39, 0.29) is 4.90 Å². The first-order valence-corrected chi connectivity index (χ1v) is 9.10. The summed E-state index contributed by atoms with van der Waals surface area (Å²) < 4.78 is 25.2. The molecule has 0 aromatic carbocycles. The van der Waals surface area contributed by atoms with E-state index < -0.39 is 10.0 Å². The Bertz CT molecular complexity index is 781. The van der Waals surface area contributed by atoms with Gasteiger partial charge in [0, 0.05) is 26.0 Å². The number of aromatic nitrogens is 3. The normalized spacial score (nSPS) is 14.7. The van der Waals surface area contributed by atoms with Crippen LogP contribution in [0, 0.1) is 0 Å². The lowest BCUT2D eigenvalue weighted by atomic mass is 9.96. The molecular weight excluding hydrogens is 314 g/mol. The average Bonchev–Trinajstić information content (AvgIpc) is 2.96. The summed E-state index contributed by atoms with van der Waals surface area (Å²) in [5, 5.41) is 10.7. The van der Waals surface area contributed by atoms with Crippen LogP contribution >= 0.6 is 0 Å². The number of anilines is 1. The van der Waals surface area contributed by atoms with E-state index >= 15 is 0 Å². The van der Waals surface area contributed by atoms with Crippen molar-refractivity contribution in [2.75, 3.05) is 19.4 Å². The first-order chi connectivity index (χ1) is 11.0. The van der Waals surface area contributed by atoms with Gasteiger partial charge in [-0.25, -0.2) is 17.7 Å². The van der Waals surface area contributed by atoms with Gasteiger partial charge >= 0.3 is 0 Å². The second-order valence-electron chi connectivity index (χ2n) is 5.85. The van der Waals surface area contributed by atoms with Crippen molar-refractivity contribution in [2.45, 2.75) is 37.1 Å². The van der Waals surface area contributed by atoms with Gasteiger partial charge in [-0.3, -0.25) is 5.10 Å². The Morgan fingerprint density at radius 3 is 2.74 bits per heavy atom. The minimum Gasteiger partial charge on any atom is -0.364 e. The van der Waals surface area contributed by atoms with Gasteiger partial charge in [0.05, 0.1) is 12.2 Å². The van der Waals surface area contributed by atoms with Crippen LogP contribution in [-0.2, 0) is 29.4 Å². The largest absolute Gasteiger partial charge is 0.364 e. The fourth-order valence-corrected chi connectivity index (χ4v) is 3.57. The third-order valence-electron chi connectivity index (χ3n) is 4.09. The number of sulfonamides is 1. The van der Waals surface area contributed by atoms with Crippen molar-refractivity contribution in [3.63, 3.8) is 0 Å². The van der Waals surface area contributed by atoms with Crippen LogP contribution in [0.25, 0.3) is 0 Å².